The highest BCUT2D eigenvalue weighted by Crippen LogP contribution is 2.31. The summed E-state index contributed by atoms with van der Waals surface area (Å²) in [6.07, 6.45) is 0. The Kier molecular flexibility index (Phi) is 6.18. The second-order valence-electron chi connectivity index (χ2n) is 6.36. The van der Waals surface area contributed by atoms with Gasteiger partial charge in [0, 0.05) is 19.0 Å². The lowest BCUT2D eigenvalue weighted by Gasteiger charge is -2.16. The Balaban J connectivity index is 1.68. The molecule has 0 radical (unpaired) electrons. The van der Waals surface area contributed by atoms with E-state index in [-0.39, 0.29) is 6.04 Å². The molecule has 1 unspecified atom stereocenters. The topological polar surface area (TPSA) is 82.6 Å². The van der Waals surface area contributed by atoms with Gasteiger partial charge in [0.1, 0.15) is 5.76 Å². The van der Waals surface area contributed by atoms with Gasteiger partial charge in [-0.15, -0.1) is 0 Å². The molecule has 0 aliphatic rings. The van der Waals surface area contributed by atoms with Crippen LogP contribution < -0.4 is 15.4 Å². The van der Waals surface area contributed by atoms with Gasteiger partial charge >= 0.3 is 0 Å². The molecule has 0 saturated carbocycles. The molecule has 0 aliphatic heterocycles. The van der Waals surface area contributed by atoms with Crippen LogP contribution >= 0.6 is 0 Å². The van der Waals surface area contributed by atoms with E-state index in [1.165, 1.54) is 0 Å². The minimum Gasteiger partial charge on any atom is -0.490 e. The summed E-state index contributed by atoms with van der Waals surface area (Å²) in [5.41, 5.74) is 2.41. The molecule has 0 aliphatic carbocycles. The fourth-order valence-corrected chi connectivity index (χ4v) is 2.95. The summed E-state index contributed by atoms with van der Waals surface area (Å²) < 4.78 is 11.7. The molecular formula is C22H24N4O2. The number of fused-ring (bicyclic) bond motifs is 1. The summed E-state index contributed by atoms with van der Waals surface area (Å²) >= 11 is 0. The molecule has 3 aromatic rings. The van der Waals surface area contributed by atoms with Gasteiger partial charge in [0.05, 0.1) is 24.3 Å². The standard InChI is InChI=1S/C22H24N4O2/c1-4-27-19-10-6-9-18-12-20(28-21(18)19)15(2)26-22(24-3)25-14-17-8-5-7-16(11-17)13-23/h5-12,15H,4,14H2,1-3H3,(H2,24,25,26). The van der Waals surface area contributed by atoms with Crippen LogP contribution in [0.15, 0.2) is 57.9 Å². The molecule has 0 saturated heterocycles. The van der Waals surface area contributed by atoms with Crippen LogP contribution in [0.1, 0.15) is 36.8 Å². The van der Waals surface area contributed by atoms with E-state index in [1.807, 2.05) is 56.3 Å². The lowest BCUT2D eigenvalue weighted by atomic mass is 10.1. The predicted octanol–water partition coefficient (Wildman–Crippen LogP) is 4.13. The Bertz CT molecular complexity index is 1020. The largest absolute Gasteiger partial charge is 0.490 e. The molecule has 1 atom stereocenters. The maximum Gasteiger partial charge on any atom is 0.191 e. The van der Waals surface area contributed by atoms with Crippen LogP contribution in [0, 0.1) is 11.3 Å². The van der Waals surface area contributed by atoms with Gasteiger partial charge in [0.2, 0.25) is 0 Å². The minimum absolute atomic E-state index is 0.0847. The van der Waals surface area contributed by atoms with E-state index in [4.69, 9.17) is 14.4 Å². The van der Waals surface area contributed by atoms with Gasteiger partial charge < -0.3 is 19.8 Å². The molecule has 3 rings (SSSR count). The third kappa shape index (κ3) is 4.44. The maximum atomic E-state index is 9.02. The fourth-order valence-electron chi connectivity index (χ4n) is 2.95. The smallest absolute Gasteiger partial charge is 0.191 e. The Labute approximate surface area is 164 Å². The molecule has 144 valence electrons. The number of guanidine groups is 1. The predicted molar refractivity (Wildman–Crippen MR) is 110 cm³/mol. The van der Waals surface area contributed by atoms with Crippen molar-refractivity contribution in [1.29, 1.82) is 5.26 Å². The van der Waals surface area contributed by atoms with Gasteiger partial charge in [-0.3, -0.25) is 4.99 Å². The van der Waals surface area contributed by atoms with Crippen LogP contribution in [-0.4, -0.2) is 19.6 Å². The number of hydrogen-bond acceptors (Lipinski definition) is 4. The van der Waals surface area contributed by atoms with Crippen LogP contribution in [0.25, 0.3) is 11.0 Å². The number of rotatable bonds is 6. The zero-order valence-electron chi connectivity index (χ0n) is 16.3. The van der Waals surface area contributed by atoms with Gasteiger partial charge in [0.15, 0.2) is 17.3 Å². The highest BCUT2D eigenvalue weighted by atomic mass is 16.5. The molecule has 1 aromatic heterocycles. The molecule has 0 spiro atoms. The van der Waals surface area contributed by atoms with Crippen LogP contribution in [0.4, 0.5) is 0 Å². The van der Waals surface area contributed by atoms with Crippen LogP contribution in [-0.2, 0) is 6.54 Å². The van der Waals surface area contributed by atoms with Crippen molar-refractivity contribution in [1.82, 2.24) is 10.6 Å². The molecule has 2 N–H and O–H groups in total. The number of nitrogens with one attached hydrogen (secondary N) is 2. The molecule has 0 bridgehead atoms. The Hall–Kier alpha value is -3.46. The molecule has 2 aromatic carbocycles. The summed E-state index contributed by atoms with van der Waals surface area (Å²) in [5, 5.41) is 16.6. The second kappa shape index (κ2) is 8.96. The van der Waals surface area contributed by atoms with Crippen molar-refractivity contribution >= 4 is 16.9 Å². The van der Waals surface area contributed by atoms with E-state index in [0.717, 1.165) is 28.0 Å². The van der Waals surface area contributed by atoms with Crippen molar-refractivity contribution < 1.29 is 9.15 Å². The number of para-hydroxylation sites is 1. The number of nitriles is 1. The monoisotopic (exact) mass is 376 g/mol. The van der Waals surface area contributed by atoms with E-state index < -0.39 is 0 Å². The van der Waals surface area contributed by atoms with Crippen molar-refractivity contribution in [2.45, 2.75) is 26.4 Å². The normalized spacial score (nSPS) is 12.4. The lowest BCUT2D eigenvalue weighted by molar-refractivity contribution is 0.336. The maximum absolute atomic E-state index is 9.02. The zero-order chi connectivity index (χ0) is 19.9. The SMILES string of the molecule is CCOc1cccc2cc(C(C)NC(=NC)NCc3cccc(C#N)c3)oc12. The fraction of sp³-hybridized carbons (Fsp3) is 0.273. The second-order valence-corrected chi connectivity index (χ2v) is 6.36. The first-order chi connectivity index (χ1) is 13.6. The number of nitrogens with zero attached hydrogens (tertiary/aromatic N) is 2. The minimum atomic E-state index is -0.0847. The summed E-state index contributed by atoms with van der Waals surface area (Å²) in [6, 6.07) is 17.4. The quantitative estimate of drug-likeness (QED) is 0.499. The third-order valence-corrected chi connectivity index (χ3v) is 4.35. The molecule has 0 amide bonds. The summed E-state index contributed by atoms with van der Waals surface area (Å²) in [5.74, 6) is 2.20. The highest BCUT2D eigenvalue weighted by Gasteiger charge is 2.15. The Morgan fingerprint density at radius 1 is 1.25 bits per heavy atom. The van der Waals surface area contributed by atoms with Crippen LogP contribution in [0.5, 0.6) is 5.75 Å². The average Bonchev–Trinajstić information content (AvgIpc) is 3.17. The number of benzene rings is 2. The van der Waals surface area contributed by atoms with E-state index in [1.54, 1.807) is 13.1 Å². The van der Waals surface area contributed by atoms with Crippen molar-refractivity contribution in [3.63, 3.8) is 0 Å². The number of hydrogen-bond donors (Lipinski definition) is 2. The molecule has 28 heavy (non-hydrogen) atoms. The van der Waals surface area contributed by atoms with E-state index in [9.17, 15) is 0 Å². The Morgan fingerprint density at radius 3 is 2.82 bits per heavy atom. The van der Waals surface area contributed by atoms with Gasteiger partial charge in [-0.2, -0.15) is 5.26 Å². The third-order valence-electron chi connectivity index (χ3n) is 4.35. The van der Waals surface area contributed by atoms with E-state index >= 15 is 0 Å². The number of furan rings is 1. The number of aliphatic imine (C=N–C) groups is 1. The molecular weight excluding hydrogens is 352 g/mol. The first-order valence-corrected chi connectivity index (χ1v) is 9.26. The summed E-state index contributed by atoms with van der Waals surface area (Å²) in [7, 11) is 1.72. The first-order valence-electron chi connectivity index (χ1n) is 9.26. The van der Waals surface area contributed by atoms with Crippen LogP contribution in [0.3, 0.4) is 0 Å². The highest BCUT2D eigenvalue weighted by molar-refractivity contribution is 5.84. The van der Waals surface area contributed by atoms with Gasteiger partial charge in [0.25, 0.3) is 0 Å². The zero-order valence-corrected chi connectivity index (χ0v) is 16.3. The number of ether oxygens (including phenoxy) is 1. The van der Waals surface area contributed by atoms with Gasteiger partial charge in [-0.1, -0.05) is 24.3 Å². The van der Waals surface area contributed by atoms with E-state index in [2.05, 4.69) is 21.7 Å². The molecule has 1 heterocycles. The van der Waals surface area contributed by atoms with E-state index in [0.29, 0.717) is 24.7 Å². The molecule has 6 heteroatoms. The summed E-state index contributed by atoms with van der Waals surface area (Å²) in [4.78, 5) is 4.28. The first kappa shape index (κ1) is 19.3. The lowest BCUT2D eigenvalue weighted by Crippen LogP contribution is -2.38. The average molecular weight is 376 g/mol. The van der Waals surface area contributed by atoms with Crippen molar-refractivity contribution in [2.75, 3.05) is 13.7 Å². The molecule has 6 nitrogen and oxygen atoms in total. The van der Waals surface area contributed by atoms with Gasteiger partial charge in [-0.05, 0) is 43.7 Å². The summed E-state index contributed by atoms with van der Waals surface area (Å²) in [6.45, 7) is 5.12. The van der Waals surface area contributed by atoms with Crippen molar-refractivity contribution in [2.24, 2.45) is 4.99 Å². The van der Waals surface area contributed by atoms with Crippen molar-refractivity contribution in [3.8, 4) is 11.8 Å². The van der Waals surface area contributed by atoms with Crippen molar-refractivity contribution in [3.05, 3.63) is 65.4 Å². The van der Waals surface area contributed by atoms with Gasteiger partial charge in [-0.25, -0.2) is 0 Å². The Morgan fingerprint density at radius 2 is 2.07 bits per heavy atom. The van der Waals surface area contributed by atoms with Crippen LogP contribution in [0.2, 0.25) is 0 Å². The molecule has 0 fully saturated rings.